The summed E-state index contributed by atoms with van der Waals surface area (Å²) in [5.41, 5.74) is 1.25. The number of carbonyl (C=O) groups is 1. The molecule has 146 valence electrons. The second-order valence-corrected chi connectivity index (χ2v) is 9.21. The van der Waals surface area contributed by atoms with Crippen LogP contribution in [0.2, 0.25) is 0 Å². The molecule has 1 amide bonds. The van der Waals surface area contributed by atoms with Crippen molar-refractivity contribution in [1.29, 1.82) is 0 Å². The molecule has 0 atom stereocenters. The van der Waals surface area contributed by atoms with E-state index in [1.54, 1.807) is 23.9 Å². The lowest BCUT2D eigenvalue weighted by Crippen LogP contribution is -2.20. The minimum Gasteiger partial charge on any atom is -0.484 e. The number of benzene rings is 3. The molecule has 1 N–H and O–H groups in total. The maximum absolute atomic E-state index is 12.1. The highest BCUT2D eigenvalue weighted by Crippen LogP contribution is 2.30. The molecule has 3 aromatic carbocycles. The van der Waals surface area contributed by atoms with Gasteiger partial charge in [0, 0.05) is 10.2 Å². The zero-order chi connectivity index (χ0) is 20.1. The monoisotopic (exact) mass is 485 g/mol. The third kappa shape index (κ3) is 5.35. The van der Waals surface area contributed by atoms with Crippen LogP contribution in [0.3, 0.4) is 0 Å². The van der Waals surface area contributed by atoms with Gasteiger partial charge in [-0.15, -0.1) is 10.2 Å². The molecule has 8 heteroatoms. The first kappa shape index (κ1) is 19.9. The van der Waals surface area contributed by atoms with Crippen LogP contribution in [0.4, 0.5) is 5.13 Å². The van der Waals surface area contributed by atoms with Gasteiger partial charge in [-0.1, -0.05) is 81.5 Å². The van der Waals surface area contributed by atoms with E-state index in [9.17, 15) is 4.79 Å². The SMILES string of the molecule is O=C(COc1ccc(Br)cc1)Nc1nnc(SCc2cccc3ccccc23)s1. The number of ether oxygens (including phenoxy) is 1. The average Bonchev–Trinajstić information content (AvgIpc) is 3.19. The predicted octanol–water partition coefficient (Wildman–Crippen LogP) is 5.76. The van der Waals surface area contributed by atoms with Crippen LogP contribution < -0.4 is 10.1 Å². The number of amides is 1. The fraction of sp³-hybridized carbons (Fsp3) is 0.0952. The Kier molecular flexibility index (Phi) is 6.43. The number of hydrogen-bond acceptors (Lipinski definition) is 6. The summed E-state index contributed by atoms with van der Waals surface area (Å²) in [6, 6.07) is 21.9. The first-order valence-corrected chi connectivity index (χ1v) is 11.4. The third-order valence-electron chi connectivity index (χ3n) is 4.07. The van der Waals surface area contributed by atoms with E-state index in [2.05, 4.69) is 61.8 Å². The molecule has 4 aromatic rings. The molecule has 29 heavy (non-hydrogen) atoms. The second kappa shape index (κ2) is 9.39. The molecule has 4 rings (SSSR count). The van der Waals surface area contributed by atoms with Gasteiger partial charge in [0.25, 0.3) is 5.91 Å². The Morgan fingerprint density at radius 3 is 2.69 bits per heavy atom. The third-order valence-corrected chi connectivity index (χ3v) is 6.62. The minimum absolute atomic E-state index is 0.0836. The first-order valence-electron chi connectivity index (χ1n) is 8.78. The summed E-state index contributed by atoms with van der Waals surface area (Å²) in [7, 11) is 0. The Bertz CT molecular complexity index is 1130. The van der Waals surface area contributed by atoms with E-state index in [1.165, 1.54) is 27.7 Å². The van der Waals surface area contributed by atoms with Gasteiger partial charge < -0.3 is 4.74 Å². The highest BCUT2D eigenvalue weighted by Gasteiger charge is 2.10. The van der Waals surface area contributed by atoms with Crippen LogP contribution in [0.25, 0.3) is 10.8 Å². The van der Waals surface area contributed by atoms with Gasteiger partial charge in [0.05, 0.1) is 0 Å². The van der Waals surface area contributed by atoms with Gasteiger partial charge in [0.1, 0.15) is 5.75 Å². The zero-order valence-electron chi connectivity index (χ0n) is 15.2. The number of thioether (sulfide) groups is 1. The van der Waals surface area contributed by atoms with E-state index in [-0.39, 0.29) is 12.5 Å². The number of anilines is 1. The molecule has 0 aliphatic rings. The normalized spacial score (nSPS) is 10.8. The quantitative estimate of drug-likeness (QED) is 0.266. The molecule has 0 bridgehead atoms. The van der Waals surface area contributed by atoms with Crippen molar-refractivity contribution in [2.24, 2.45) is 0 Å². The molecule has 0 radical (unpaired) electrons. The Labute approximate surface area is 184 Å². The van der Waals surface area contributed by atoms with Crippen molar-refractivity contribution >= 4 is 60.8 Å². The number of fused-ring (bicyclic) bond motifs is 1. The summed E-state index contributed by atoms with van der Waals surface area (Å²) in [5.74, 6) is 1.15. The van der Waals surface area contributed by atoms with Crippen LogP contribution >= 0.6 is 39.0 Å². The van der Waals surface area contributed by atoms with E-state index < -0.39 is 0 Å². The average molecular weight is 486 g/mol. The van der Waals surface area contributed by atoms with Crippen LogP contribution in [-0.4, -0.2) is 22.7 Å². The second-order valence-electron chi connectivity index (χ2n) is 6.09. The standard InChI is InChI=1S/C21H16BrN3O2S2/c22-16-8-10-17(11-9-16)27-12-19(26)23-20-24-25-21(29-20)28-13-15-6-3-5-14-4-1-2-7-18(14)15/h1-11H,12-13H2,(H,23,24,26). The van der Waals surface area contributed by atoms with Crippen molar-refractivity contribution in [3.63, 3.8) is 0 Å². The van der Waals surface area contributed by atoms with Crippen molar-refractivity contribution in [2.75, 3.05) is 11.9 Å². The maximum atomic E-state index is 12.1. The van der Waals surface area contributed by atoms with Crippen molar-refractivity contribution in [3.05, 3.63) is 76.8 Å². The van der Waals surface area contributed by atoms with Gasteiger partial charge in [0.15, 0.2) is 10.9 Å². The molecule has 1 heterocycles. The summed E-state index contributed by atoms with van der Waals surface area (Å²) < 4.78 is 7.23. The Hall–Kier alpha value is -2.42. The van der Waals surface area contributed by atoms with Crippen LogP contribution in [0, 0.1) is 0 Å². The fourth-order valence-electron chi connectivity index (χ4n) is 2.71. The van der Waals surface area contributed by atoms with Gasteiger partial charge in [-0.2, -0.15) is 0 Å². The maximum Gasteiger partial charge on any atom is 0.264 e. The van der Waals surface area contributed by atoms with Crippen molar-refractivity contribution in [1.82, 2.24) is 10.2 Å². The number of hydrogen-bond donors (Lipinski definition) is 1. The highest BCUT2D eigenvalue weighted by molar-refractivity contribution is 9.10. The lowest BCUT2D eigenvalue weighted by Gasteiger charge is -2.05. The molecular weight excluding hydrogens is 470 g/mol. The van der Waals surface area contributed by atoms with Crippen LogP contribution in [0.15, 0.2) is 75.5 Å². The molecular formula is C21H16BrN3O2S2. The Morgan fingerprint density at radius 1 is 1.03 bits per heavy atom. The summed E-state index contributed by atoms with van der Waals surface area (Å²) in [6.07, 6.45) is 0. The van der Waals surface area contributed by atoms with E-state index in [0.29, 0.717) is 10.9 Å². The molecule has 0 saturated heterocycles. The summed E-state index contributed by atoms with van der Waals surface area (Å²) >= 11 is 6.32. The van der Waals surface area contributed by atoms with Gasteiger partial charge >= 0.3 is 0 Å². The van der Waals surface area contributed by atoms with Crippen molar-refractivity contribution in [3.8, 4) is 5.75 Å². The van der Waals surface area contributed by atoms with Gasteiger partial charge in [-0.05, 0) is 40.6 Å². The number of nitrogens with zero attached hydrogens (tertiary/aromatic N) is 2. The number of nitrogens with one attached hydrogen (secondary N) is 1. The van der Waals surface area contributed by atoms with Gasteiger partial charge in [0.2, 0.25) is 5.13 Å². The lowest BCUT2D eigenvalue weighted by atomic mass is 10.1. The van der Waals surface area contributed by atoms with Crippen LogP contribution in [0.1, 0.15) is 5.56 Å². The van der Waals surface area contributed by atoms with Crippen molar-refractivity contribution < 1.29 is 9.53 Å². The number of halogens is 1. The molecule has 5 nitrogen and oxygen atoms in total. The largest absolute Gasteiger partial charge is 0.484 e. The predicted molar refractivity (Wildman–Crippen MR) is 122 cm³/mol. The Morgan fingerprint density at radius 2 is 1.83 bits per heavy atom. The topological polar surface area (TPSA) is 64.1 Å². The summed E-state index contributed by atoms with van der Waals surface area (Å²) in [4.78, 5) is 12.1. The van der Waals surface area contributed by atoms with Gasteiger partial charge in [-0.25, -0.2) is 0 Å². The van der Waals surface area contributed by atoms with E-state index >= 15 is 0 Å². The molecule has 0 unspecified atom stereocenters. The van der Waals surface area contributed by atoms with Gasteiger partial charge in [-0.3, -0.25) is 10.1 Å². The highest BCUT2D eigenvalue weighted by atomic mass is 79.9. The minimum atomic E-state index is -0.269. The molecule has 0 aliphatic carbocycles. The summed E-state index contributed by atoms with van der Waals surface area (Å²) in [6.45, 7) is -0.0836. The molecule has 0 fully saturated rings. The van der Waals surface area contributed by atoms with E-state index in [4.69, 9.17) is 4.74 Å². The van der Waals surface area contributed by atoms with E-state index in [1.807, 2.05) is 24.3 Å². The van der Waals surface area contributed by atoms with Crippen LogP contribution in [0.5, 0.6) is 5.75 Å². The first-order chi connectivity index (χ1) is 14.2. The van der Waals surface area contributed by atoms with Crippen molar-refractivity contribution in [2.45, 2.75) is 10.1 Å². The fourth-order valence-corrected chi connectivity index (χ4v) is 4.75. The van der Waals surface area contributed by atoms with E-state index in [0.717, 1.165) is 14.6 Å². The number of rotatable bonds is 7. The lowest BCUT2D eigenvalue weighted by molar-refractivity contribution is -0.118. The Balaban J connectivity index is 1.31. The molecule has 0 saturated carbocycles. The number of carbonyl (C=O) groups excluding carboxylic acids is 1. The molecule has 0 aliphatic heterocycles. The number of aromatic nitrogens is 2. The summed E-state index contributed by atoms with van der Waals surface area (Å²) in [5, 5.41) is 13.9. The molecule has 0 spiro atoms. The smallest absolute Gasteiger partial charge is 0.264 e. The zero-order valence-corrected chi connectivity index (χ0v) is 18.4. The molecule has 1 aromatic heterocycles. The van der Waals surface area contributed by atoms with Crippen LogP contribution in [-0.2, 0) is 10.5 Å².